The Bertz CT molecular complexity index is 375. The first-order valence-electron chi connectivity index (χ1n) is 5.72. The number of carbonyl (C=O) groups is 1. The molecule has 0 fully saturated rings. The maximum Gasteiger partial charge on any atom is 0.251 e. The van der Waals surface area contributed by atoms with E-state index in [4.69, 9.17) is 0 Å². The van der Waals surface area contributed by atoms with Gasteiger partial charge in [0.05, 0.1) is 0 Å². The average molecular weight is 302 g/mol. The van der Waals surface area contributed by atoms with Crippen molar-refractivity contribution in [3.63, 3.8) is 0 Å². The number of hydrogen-bond donors (Lipinski definition) is 1. The van der Waals surface area contributed by atoms with Gasteiger partial charge in [0.1, 0.15) is 5.82 Å². The van der Waals surface area contributed by atoms with E-state index in [0.29, 0.717) is 12.1 Å². The molecule has 17 heavy (non-hydrogen) atoms. The summed E-state index contributed by atoms with van der Waals surface area (Å²) in [5, 5.41) is 2.79. The summed E-state index contributed by atoms with van der Waals surface area (Å²) in [6.45, 7) is 4.42. The topological polar surface area (TPSA) is 29.1 Å². The fourth-order valence-electron chi connectivity index (χ4n) is 1.59. The maximum atomic E-state index is 13.1. The largest absolute Gasteiger partial charge is 0.351 e. The van der Waals surface area contributed by atoms with Crippen LogP contribution in [0.25, 0.3) is 0 Å². The summed E-state index contributed by atoms with van der Waals surface area (Å²) in [6, 6.07) is 4.34. The minimum atomic E-state index is -0.376. The van der Waals surface area contributed by atoms with E-state index < -0.39 is 0 Å². The Morgan fingerprint density at radius 2 is 2.18 bits per heavy atom. The summed E-state index contributed by atoms with van der Waals surface area (Å²) in [5.41, 5.74) is 1.12. The fraction of sp³-hybridized carbons (Fsp3) is 0.462. The van der Waals surface area contributed by atoms with Gasteiger partial charge in [-0.15, -0.1) is 0 Å². The molecule has 0 heterocycles. The van der Waals surface area contributed by atoms with Crippen LogP contribution in [-0.4, -0.2) is 17.3 Å². The highest BCUT2D eigenvalue weighted by Crippen LogP contribution is 2.09. The molecule has 4 heteroatoms. The third-order valence-corrected chi connectivity index (χ3v) is 3.17. The Hall–Kier alpha value is -0.900. The molecule has 0 aliphatic carbocycles. The predicted octanol–water partition coefficient (Wildman–Crippen LogP) is 3.43. The van der Waals surface area contributed by atoms with E-state index in [1.54, 1.807) is 13.0 Å². The molecule has 0 radical (unpaired) electrons. The van der Waals surface area contributed by atoms with Crippen LogP contribution in [0.5, 0.6) is 0 Å². The molecule has 0 spiro atoms. The Morgan fingerprint density at radius 3 is 2.76 bits per heavy atom. The lowest BCUT2D eigenvalue weighted by atomic mass is 10.1. The lowest BCUT2D eigenvalue weighted by Gasteiger charge is -2.10. The number of rotatable bonds is 5. The fourth-order valence-corrected chi connectivity index (χ4v) is 2.21. The quantitative estimate of drug-likeness (QED) is 0.830. The van der Waals surface area contributed by atoms with Crippen LogP contribution in [0.15, 0.2) is 18.2 Å². The zero-order valence-corrected chi connectivity index (χ0v) is 11.7. The van der Waals surface area contributed by atoms with Crippen LogP contribution in [0.1, 0.15) is 35.7 Å². The first-order chi connectivity index (χ1) is 8.02. The van der Waals surface area contributed by atoms with Crippen molar-refractivity contribution in [2.75, 3.05) is 6.54 Å². The van der Waals surface area contributed by atoms with E-state index in [0.717, 1.165) is 18.4 Å². The molecule has 0 aliphatic rings. The van der Waals surface area contributed by atoms with Crippen molar-refractivity contribution < 1.29 is 9.18 Å². The van der Waals surface area contributed by atoms with Crippen molar-refractivity contribution in [1.82, 2.24) is 5.32 Å². The first kappa shape index (κ1) is 14.2. The lowest BCUT2D eigenvalue weighted by Crippen LogP contribution is -2.29. The van der Waals surface area contributed by atoms with Crippen LogP contribution < -0.4 is 5.32 Å². The third kappa shape index (κ3) is 4.86. The number of nitrogens with one attached hydrogen (secondary N) is 1. The van der Waals surface area contributed by atoms with Gasteiger partial charge >= 0.3 is 0 Å². The number of carbonyl (C=O) groups excluding carboxylic acids is 1. The van der Waals surface area contributed by atoms with Gasteiger partial charge in [0, 0.05) is 16.9 Å². The SMILES string of the molecule is CCCC(Br)CNC(=O)c1cc(C)cc(F)c1. The number of aryl methyl sites for hydroxylation is 1. The predicted molar refractivity (Wildman–Crippen MR) is 71.1 cm³/mol. The van der Waals surface area contributed by atoms with Crippen LogP contribution in [-0.2, 0) is 0 Å². The second-order valence-corrected chi connectivity index (χ2v) is 5.41. The summed E-state index contributed by atoms with van der Waals surface area (Å²) in [7, 11) is 0. The molecule has 1 aromatic carbocycles. The molecule has 1 rings (SSSR count). The molecule has 1 amide bonds. The van der Waals surface area contributed by atoms with Crippen LogP contribution in [0, 0.1) is 12.7 Å². The Morgan fingerprint density at radius 1 is 1.47 bits per heavy atom. The molecule has 0 aliphatic heterocycles. The lowest BCUT2D eigenvalue weighted by molar-refractivity contribution is 0.0953. The van der Waals surface area contributed by atoms with Crippen molar-refractivity contribution in [3.05, 3.63) is 35.1 Å². The number of hydrogen-bond acceptors (Lipinski definition) is 1. The van der Waals surface area contributed by atoms with Gasteiger partial charge in [-0.25, -0.2) is 4.39 Å². The Balaban J connectivity index is 2.58. The minimum Gasteiger partial charge on any atom is -0.351 e. The standard InChI is InChI=1S/C13H17BrFNO/c1-3-4-11(14)8-16-13(17)10-5-9(2)6-12(15)7-10/h5-7,11H,3-4,8H2,1-2H3,(H,16,17). The maximum absolute atomic E-state index is 13.1. The zero-order chi connectivity index (χ0) is 12.8. The molecule has 1 unspecified atom stereocenters. The van der Waals surface area contributed by atoms with Crippen LogP contribution in [0.2, 0.25) is 0 Å². The van der Waals surface area contributed by atoms with Crippen LogP contribution >= 0.6 is 15.9 Å². The highest BCUT2D eigenvalue weighted by Gasteiger charge is 2.09. The van der Waals surface area contributed by atoms with E-state index in [9.17, 15) is 9.18 Å². The number of alkyl halides is 1. The molecule has 0 saturated heterocycles. The van der Waals surface area contributed by atoms with Gasteiger partial charge in [-0.05, 0) is 37.1 Å². The minimum absolute atomic E-state index is 0.229. The molecular weight excluding hydrogens is 285 g/mol. The molecule has 2 nitrogen and oxygen atoms in total. The van der Waals surface area contributed by atoms with E-state index >= 15 is 0 Å². The van der Waals surface area contributed by atoms with Gasteiger partial charge in [-0.3, -0.25) is 4.79 Å². The highest BCUT2D eigenvalue weighted by molar-refractivity contribution is 9.09. The molecule has 0 saturated carbocycles. The van der Waals surface area contributed by atoms with Crippen molar-refractivity contribution >= 4 is 21.8 Å². The first-order valence-corrected chi connectivity index (χ1v) is 6.64. The third-order valence-electron chi connectivity index (χ3n) is 2.39. The number of halogens is 2. The average Bonchev–Trinajstić information content (AvgIpc) is 2.25. The van der Waals surface area contributed by atoms with Crippen LogP contribution in [0.4, 0.5) is 4.39 Å². The summed E-state index contributed by atoms with van der Waals surface area (Å²) < 4.78 is 13.1. The number of amides is 1. The molecular formula is C13H17BrFNO. The van der Waals surface area contributed by atoms with Gasteiger partial charge in [0.25, 0.3) is 5.91 Å². The normalized spacial score (nSPS) is 12.2. The second-order valence-electron chi connectivity index (χ2n) is 4.11. The molecule has 1 N–H and O–H groups in total. The van der Waals surface area contributed by atoms with Gasteiger partial charge in [-0.1, -0.05) is 29.3 Å². The van der Waals surface area contributed by atoms with Crippen molar-refractivity contribution in [2.45, 2.75) is 31.5 Å². The molecule has 0 aromatic heterocycles. The summed E-state index contributed by atoms with van der Waals surface area (Å²) in [5.74, 6) is -0.604. The second kappa shape index (κ2) is 6.74. The Kier molecular flexibility index (Phi) is 5.62. The summed E-state index contributed by atoms with van der Waals surface area (Å²) in [6.07, 6.45) is 2.06. The van der Waals surface area contributed by atoms with Gasteiger partial charge in [0.15, 0.2) is 0 Å². The van der Waals surface area contributed by atoms with E-state index in [2.05, 4.69) is 28.2 Å². The molecule has 1 atom stereocenters. The van der Waals surface area contributed by atoms with Gasteiger partial charge < -0.3 is 5.32 Å². The van der Waals surface area contributed by atoms with Crippen molar-refractivity contribution in [1.29, 1.82) is 0 Å². The van der Waals surface area contributed by atoms with Gasteiger partial charge in [-0.2, -0.15) is 0 Å². The highest BCUT2D eigenvalue weighted by atomic mass is 79.9. The van der Waals surface area contributed by atoms with Gasteiger partial charge in [0.2, 0.25) is 0 Å². The Labute approximate surface area is 110 Å². The van der Waals surface area contributed by atoms with E-state index in [1.165, 1.54) is 12.1 Å². The van der Waals surface area contributed by atoms with E-state index in [1.807, 2.05) is 0 Å². The number of benzene rings is 1. The van der Waals surface area contributed by atoms with Crippen molar-refractivity contribution in [2.24, 2.45) is 0 Å². The van der Waals surface area contributed by atoms with Crippen LogP contribution in [0.3, 0.4) is 0 Å². The molecule has 94 valence electrons. The molecule has 0 bridgehead atoms. The summed E-state index contributed by atoms with van der Waals surface area (Å²) in [4.78, 5) is 12.0. The molecule has 1 aromatic rings. The van der Waals surface area contributed by atoms with Crippen molar-refractivity contribution in [3.8, 4) is 0 Å². The summed E-state index contributed by atoms with van der Waals surface area (Å²) >= 11 is 3.48. The monoisotopic (exact) mass is 301 g/mol. The zero-order valence-electron chi connectivity index (χ0n) is 10.1. The van der Waals surface area contributed by atoms with E-state index in [-0.39, 0.29) is 16.6 Å². The smallest absolute Gasteiger partial charge is 0.251 e.